The van der Waals surface area contributed by atoms with E-state index >= 15 is 0 Å². The van der Waals surface area contributed by atoms with E-state index in [-0.39, 0.29) is 25.1 Å². The summed E-state index contributed by atoms with van der Waals surface area (Å²) in [5.41, 5.74) is 1.79. The van der Waals surface area contributed by atoms with Crippen LogP contribution in [0.1, 0.15) is 63.5 Å². The van der Waals surface area contributed by atoms with Gasteiger partial charge in [-0.05, 0) is 61.1 Å². The van der Waals surface area contributed by atoms with E-state index < -0.39 is 23.4 Å². The number of methoxy groups -OCH3 is 4. The van der Waals surface area contributed by atoms with E-state index in [1.807, 2.05) is 50.2 Å². The molecule has 1 N–H and O–H groups in total. The number of Topliss-reactive ketones (excluding diaryl/α,β-unsaturated/α-hetero) is 3. The highest BCUT2D eigenvalue weighted by atomic mass is 16.5. The van der Waals surface area contributed by atoms with Gasteiger partial charge >= 0.3 is 0 Å². The van der Waals surface area contributed by atoms with Crippen molar-refractivity contribution in [3.05, 3.63) is 59.7 Å². The molecule has 48 heavy (non-hydrogen) atoms. The summed E-state index contributed by atoms with van der Waals surface area (Å²) in [4.78, 5) is 62.7. The Morgan fingerprint density at radius 3 is 1.44 bits per heavy atom. The molecule has 0 saturated heterocycles. The van der Waals surface area contributed by atoms with Gasteiger partial charge in [-0.3, -0.25) is 24.0 Å². The first-order valence-electron chi connectivity index (χ1n) is 16.1. The zero-order valence-corrected chi connectivity index (χ0v) is 29.2. The van der Waals surface area contributed by atoms with E-state index in [2.05, 4.69) is 0 Å². The molecule has 0 heterocycles. The number of aliphatic hydroxyl groups excluding tert-OH is 1. The van der Waals surface area contributed by atoms with Gasteiger partial charge in [0, 0.05) is 53.2 Å². The first-order chi connectivity index (χ1) is 23.0. The van der Waals surface area contributed by atoms with Crippen LogP contribution >= 0.6 is 0 Å². The Labute approximate surface area is 284 Å². The second-order valence-corrected chi connectivity index (χ2v) is 11.1. The molecule has 0 bridgehead atoms. The number of ether oxygens (including phenoxy) is 4. The third-order valence-corrected chi connectivity index (χ3v) is 7.38. The molecule has 266 valence electrons. The van der Waals surface area contributed by atoms with Crippen LogP contribution in [0.3, 0.4) is 0 Å². The fourth-order valence-electron chi connectivity index (χ4n) is 4.51. The summed E-state index contributed by atoms with van der Waals surface area (Å²) in [5.74, 6) is -0.695. The highest BCUT2D eigenvalue weighted by molar-refractivity contribution is 6.37. The van der Waals surface area contributed by atoms with E-state index in [4.69, 9.17) is 18.9 Å². The zero-order valence-electron chi connectivity index (χ0n) is 29.2. The lowest BCUT2D eigenvalue weighted by Crippen LogP contribution is -2.38. The van der Waals surface area contributed by atoms with Gasteiger partial charge in [0.05, 0.1) is 20.3 Å². The number of ketones is 3. The molecule has 2 rings (SSSR count). The monoisotopic (exact) mass is 672 g/mol. The molecule has 0 aliphatic carbocycles. The van der Waals surface area contributed by atoms with Crippen LogP contribution in [0, 0.1) is 0 Å². The van der Waals surface area contributed by atoms with Crippen molar-refractivity contribution < 1.29 is 48.0 Å². The van der Waals surface area contributed by atoms with Crippen LogP contribution in [0.25, 0.3) is 0 Å². The number of benzene rings is 2. The predicted molar refractivity (Wildman–Crippen MR) is 181 cm³/mol. The van der Waals surface area contributed by atoms with Gasteiger partial charge in [-0.25, -0.2) is 0 Å². The minimum Gasteiger partial charge on any atom is -0.497 e. The summed E-state index contributed by atoms with van der Waals surface area (Å²) in [5, 5.41) is 9.65. The van der Waals surface area contributed by atoms with Crippen molar-refractivity contribution in [3.63, 3.8) is 0 Å². The minimum atomic E-state index is -0.590. The van der Waals surface area contributed by atoms with Crippen molar-refractivity contribution in [1.29, 1.82) is 0 Å². The van der Waals surface area contributed by atoms with Crippen molar-refractivity contribution in [1.82, 2.24) is 9.80 Å². The van der Waals surface area contributed by atoms with Crippen LogP contribution in [0.2, 0.25) is 0 Å². The second kappa shape index (κ2) is 24.1. The van der Waals surface area contributed by atoms with E-state index in [9.17, 15) is 29.1 Å². The third-order valence-electron chi connectivity index (χ3n) is 7.38. The summed E-state index contributed by atoms with van der Waals surface area (Å²) in [6, 6.07) is 14.6. The quantitative estimate of drug-likeness (QED) is 0.183. The predicted octanol–water partition coefficient (Wildman–Crippen LogP) is 3.79. The third kappa shape index (κ3) is 16.1. The molecule has 1 atom stereocenters. The molecule has 2 aromatic carbocycles. The summed E-state index contributed by atoms with van der Waals surface area (Å²) in [7, 11) is 5.93. The lowest BCUT2D eigenvalue weighted by Gasteiger charge is -2.22. The second-order valence-electron chi connectivity index (χ2n) is 11.1. The maximum Gasteiger partial charge on any atom is 0.292 e. The molecule has 0 fully saturated rings. The smallest absolute Gasteiger partial charge is 0.292 e. The Morgan fingerprint density at radius 1 is 0.667 bits per heavy atom. The number of amides is 2. The van der Waals surface area contributed by atoms with E-state index in [1.165, 1.54) is 24.0 Å². The fourth-order valence-corrected chi connectivity index (χ4v) is 4.51. The van der Waals surface area contributed by atoms with Crippen molar-refractivity contribution in [2.24, 2.45) is 0 Å². The van der Waals surface area contributed by atoms with Gasteiger partial charge < -0.3 is 33.9 Å². The lowest BCUT2D eigenvalue weighted by atomic mass is 10.1. The Hall–Kier alpha value is -4.13. The number of rotatable bonds is 22. The van der Waals surface area contributed by atoms with Gasteiger partial charge in [0.25, 0.3) is 11.8 Å². The number of aliphatic hydroxyl groups is 1. The van der Waals surface area contributed by atoms with Crippen molar-refractivity contribution in [3.8, 4) is 11.5 Å². The molecule has 12 nitrogen and oxygen atoms in total. The van der Waals surface area contributed by atoms with Gasteiger partial charge in [-0.1, -0.05) is 38.1 Å². The molecule has 0 aliphatic heterocycles. The van der Waals surface area contributed by atoms with E-state index in [0.717, 1.165) is 22.6 Å². The van der Waals surface area contributed by atoms with Crippen LogP contribution in [0.5, 0.6) is 11.5 Å². The zero-order chi connectivity index (χ0) is 35.9. The first-order valence-corrected chi connectivity index (χ1v) is 16.1. The van der Waals surface area contributed by atoms with Crippen LogP contribution in [0.15, 0.2) is 48.5 Å². The minimum absolute atomic E-state index is 0.148. The van der Waals surface area contributed by atoms with Crippen LogP contribution in [-0.2, 0) is 46.5 Å². The molecule has 0 radical (unpaired) electrons. The average Bonchev–Trinajstić information content (AvgIpc) is 3.10. The van der Waals surface area contributed by atoms with Gasteiger partial charge in [0.1, 0.15) is 30.5 Å². The number of hydrogen-bond donors (Lipinski definition) is 1. The Bertz CT molecular complexity index is 1260. The van der Waals surface area contributed by atoms with Crippen molar-refractivity contribution in [2.45, 2.75) is 71.6 Å². The summed E-state index contributed by atoms with van der Waals surface area (Å²) in [6.45, 7) is 4.65. The SMILES string of the molecule is CCC(=O)CCCN(Cc1ccc(OC)cc1)C(=O)C(=O)COC.CCC(O)CCCN(Cc1ccc(OC)cc1)C(=O)C(=O)COC. The summed E-state index contributed by atoms with van der Waals surface area (Å²) >= 11 is 0. The largest absolute Gasteiger partial charge is 0.497 e. The Kier molecular flexibility index (Phi) is 21.0. The topological polar surface area (TPSA) is 149 Å². The maximum absolute atomic E-state index is 12.3. The molecule has 0 aromatic heterocycles. The highest BCUT2D eigenvalue weighted by Gasteiger charge is 2.23. The first kappa shape index (κ1) is 41.9. The molecule has 12 heteroatoms. The Morgan fingerprint density at radius 2 is 1.08 bits per heavy atom. The van der Waals surface area contributed by atoms with Crippen LogP contribution < -0.4 is 9.47 Å². The molecule has 2 amide bonds. The van der Waals surface area contributed by atoms with Crippen molar-refractivity contribution in [2.75, 3.05) is 54.7 Å². The van der Waals surface area contributed by atoms with Gasteiger partial charge in [-0.15, -0.1) is 0 Å². The molecular weight excluding hydrogens is 620 g/mol. The lowest BCUT2D eigenvalue weighted by molar-refractivity contribution is -0.147. The standard InChI is InChI=1S/C18H27NO5.C18H25NO5/c2*1-4-15(20)6-5-11-19(18(22)17(21)13-23-2)12-14-7-9-16(24-3)10-8-14/h7-10,15,20H,4-6,11-13H2,1-3H3;7-10H,4-6,11-13H2,1-3H3. The fraction of sp³-hybridized carbons (Fsp3) is 0.528. The average molecular weight is 673 g/mol. The highest BCUT2D eigenvalue weighted by Crippen LogP contribution is 2.15. The van der Waals surface area contributed by atoms with Gasteiger partial charge in [0.2, 0.25) is 11.6 Å². The Balaban J connectivity index is 0.000000480. The van der Waals surface area contributed by atoms with Crippen LogP contribution in [-0.4, -0.2) is 105 Å². The molecule has 0 spiro atoms. The normalized spacial score (nSPS) is 11.1. The van der Waals surface area contributed by atoms with Crippen LogP contribution in [0.4, 0.5) is 0 Å². The van der Waals surface area contributed by atoms with Crippen molar-refractivity contribution >= 4 is 29.2 Å². The number of carbonyl (C=O) groups is 5. The summed E-state index contributed by atoms with van der Waals surface area (Å²) in [6.07, 6.45) is 2.95. The molecule has 1 unspecified atom stereocenters. The number of carbonyl (C=O) groups excluding carboxylic acids is 5. The van der Waals surface area contributed by atoms with E-state index in [0.29, 0.717) is 64.7 Å². The molecular formula is C36H52N2O10. The molecule has 0 saturated carbocycles. The van der Waals surface area contributed by atoms with E-state index in [1.54, 1.807) is 26.4 Å². The maximum atomic E-state index is 12.3. The van der Waals surface area contributed by atoms with Gasteiger partial charge in [-0.2, -0.15) is 0 Å². The van der Waals surface area contributed by atoms with Gasteiger partial charge in [0.15, 0.2) is 0 Å². The molecule has 2 aromatic rings. The number of hydrogen-bond acceptors (Lipinski definition) is 10. The summed E-state index contributed by atoms with van der Waals surface area (Å²) < 4.78 is 19.7. The number of nitrogens with zero attached hydrogens (tertiary/aromatic N) is 2. The molecule has 0 aliphatic rings.